The molecule has 5 heteroatoms. The molecule has 1 amide bonds. The Balaban J connectivity index is 1.97. The zero-order valence-electron chi connectivity index (χ0n) is 8.94. The van der Waals surface area contributed by atoms with Crippen molar-refractivity contribution in [1.29, 1.82) is 0 Å². The highest BCUT2D eigenvalue weighted by Gasteiger charge is 2.28. The lowest BCUT2D eigenvalue weighted by atomic mass is 10.1. The lowest BCUT2D eigenvalue weighted by Crippen LogP contribution is -2.23. The van der Waals surface area contributed by atoms with Crippen LogP contribution in [0, 0.1) is 5.92 Å². The van der Waals surface area contributed by atoms with E-state index >= 15 is 0 Å². The fourth-order valence-corrected chi connectivity index (χ4v) is 1.86. The maximum Gasteiger partial charge on any atom is 0.231 e. The molecule has 86 valence electrons. The minimum absolute atomic E-state index is 0.0564. The molecular weight excluding hydrogens is 228 g/mol. The van der Waals surface area contributed by atoms with E-state index in [0.717, 1.165) is 6.42 Å². The second-order valence-electron chi connectivity index (χ2n) is 3.93. The molecule has 0 aromatic carbocycles. The number of carbonyl (C=O) groups is 1. The van der Waals surface area contributed by atoms with Crippen LogP contribution in [0.5, 0.6) is 0 Å². The largest absolute Gasteiger partial charge is 0.378 e. The Morgan fingerprint density at radius 2 is 2.50 bits per heavy atom. The third-order valence-electron chi connectivity index (χ3n) is 2.54. The van der Waals surface area contributed by atoms with Crippen LogP contribution in [0.3, 0.4) is 0 Å². The average Bonchev–Trinajstić information content (AvgIpc) is 2.65. The van der Waals surface area contributed by atoms with Crippen LogP contribution < -0.4 is 5.32 Å². The third-order valence-corrected chi connectivity index (χ3v) is 2.78. The number of nitrogens with one attached hydrogen (secondary N) is 1. The number of pyridine rings is 1. The van der Waals surface area contributed by atoms with Gasteiger partial charge in [0, 0.05) is 11.2 Å². The molecule has 1 N–H and O–H groups in total. The second kappa shape index (κ2) is 4.80. The average molecular weight is 241 g/mol. The topological polar surface area (TPSA) is 51.2 Å². The number of halogens is 1. The Morgan fingerprint density at radius 1 is 1.69 bits per heavy atom. The highest BCUT2D eigenvalue weighted by atomic mass is 35.5. The Labute approximate surface area is 99.0 Å². The van der Waals surface area contributed by atoms with Crippen molar-refractivity contribution < 1.29 is 9.53 Å². The molecule has 2 rings (SSSR count). The first kappa shape index (κ1) is 11.4. The first-order valence-electron chi connectivity index (χ1n) is 5.19. The van der Waals surface area contributed by atoms with Gasteiger partial charge in [0.25, 0.3) is 0 Å². The van der Waals surface area contributed by atoms with Crippen LogP contribution in [-0.2, 0) is 9.53 Å². The summed E-state index contributed by atoms with van der Waals surface area (Å²) in [5, 5.41) is 3.29. The van der Waals surface area contributed by atoms with Crippen molar-refractivity contribution >= 4 is 23.3 Å². The summed E-state index contributed by atoms with van der Waals surface area (Å²) in [6, 6.07) is 3.29. The molecule has 16 heavy (non-hydrogen) atoms. The molecule has 0 saturated carbocycles. The van der Waals surface area contributed by atoms with Crippen LogP contribution in [0.25, 0.3) is 0 Å². The second-order valence-corrected chi connectivity index (χ2v) is 4.36. The first-order valence-corrected chi connectivity index (χ1v) is 5.57. The molecule has 2 atom stereocenters. The zero-order chi connectivity index (χ0) is 11.5. The molecule has 1 aromatic heterocycles. The van der Waals surface area contributed by atoms with Gasteiger partial charge in [-0.15, -0.1) is 0 Å². The summed E-state index contributed by atoms with van der Waals surface area (Å²) >= 11 is 5.80. The molecule has 2 unspecified atom stereocenters. The molecule has 0 radical (unpaired) electrons. The maximum absolute atomic E-state index is 11.8. The number of ether oxygens (including phenoxy) is 1. The Kier molecular flexibility index (Phi) is 3.41. The van der Waals surface area contributed by atoms with Crippen LogP contribution in [0.4, 0.5) is 5.82 Å². The molecule has 0 bridgehead atoms. The van der Waals surface area contributed by atoms with Crippen molar-refractivity contribution in [2.75, 3.05) is 11.9 Å². The minimum Gasteiger partial charge on any atom is -0.378 e. The van der Waals surface area contributed by atoms with Gasteiger partial charge in [0.15, 0.2) is 0 Å². The summed E-state index contributed by atoms with van der Waals surface area (Å²) in [6.45, 7) is 2.44. The van der Waals surface area contributed by atoms with Crippen molar-refractivity contribution in [3.8, 4) is 0 Å². The summed E-state index contributed by atoms with van der Waals surface area (Å²) in [6.07, 6.45) is 2.47. The lowest BCUT2D eigenvalue weighted by Gasteiger charge is -2.08. The van der Waals surface area contributed by atoms with E-state index < -0.39 is 0 Å². The third kappa shape index (κ3) is 2.71. The van der Waals surface area contributed by atoms with Crippen molar-refractivity contribution in [3.63, 3.8) is 0 Å². The van der Waals surface area contributed by atoms with Crippen LogP contribution in [0.15, 0.2) is 18.3 Å². The monoisotopic (exact) mass is 240 g/mol. The van der Waals surface area contributed by atoms with Gasteiger partial charge in [-0.1, -0.05) is 11.6 Å². The number of hydrogen-bond acceptors (Lipinski definition) is 3. The highest BCUT2D eigenvalue weighted by Crippen LogP contribution is 2.21. The summed E-state index contributed by atoms with van der Waals surface area (Å²) in [5.74, 6) is 0.340. The molecule has 1 aromatic rings. The number of nitrogens with zero attached hydrogens (tertiary/aromatic N) is 1. The van der Waals surface area contributed by atoms with E-state index in [0.29, 0.717) is 17.4 Å². The number of aromatic nitrogens is 1. The summed E-state index contributed by atoms with van der Waals surface area (Å²) in [7, 11) is 0. The van der Waals surface area contributed by atoms with Gasteiger partial charge in [-0.2, -0.15) is 0 Å². The number of carbonyl (C=O) groups excluding carboxylic acids is 1. The minimum atomic E-state index is -0.0872. The van der Waals surface area contributed by atoms with Gasteiger partial charge in [0.05, 0.1) is 18.6 Å². The Morgan fingerprint density at radius 3 is 3.12 bits per heavy atom. The zero-order valence-corrected chi connectivity index (χ0v) is 9.70. The fourth-order valence-electron chi connectivity index (χ4n) is 1.70. The summed E-state index contributed by atoms with van der Waals surface area (Å²) < 4.78 is 5.34. The fraction of sp³-hybridized carbons (Fsp3) is 0.455. The van der Waals surface area contributed by atoms with Gasteiger partial charge < -0.3 is 10.1 Å². The predicted octanol–water partition coefficient (Wildman–Crippen LogP) is 2.10. The van der Waals surface area contributed by atoms with Gasteiger partial charge in [-0.25, -0.2) is 4.98 Å². The molecule has 4 nitrogen and oxygen atoms in total. The Bertz CT molecular complexity index is 397. The normalized spacial score (nSPS) is 24.4. The van der Waals surface area contributed by atoms with Gasteiger partial charge in [0.2, 0.25) is 5.91 Å². The molecule has 2 heterocycles. The van der Waals surface area contributed by atoms with E-state index in [-0.39, 0.29) is 17.9 Å². The molecule has 0 spiro atoms. The number of amides is 1. The standard InChI is InChI=1S/C11H13ClN2O2/c1-7-4-8(6-16-7)11(15)14-10-5-9(12)2-3-13-10/h2-3,5,7-8H,4,6H2,1H3,(H,13,14,15). The summed E-state index contributed by atoms with van der Waals surface area (Å²) in [4.78, 5) is 15.8. The SMILES string of the molecule is CC1CC(C(=O)Nc2cc(Cl)ccn2)CO1. The molecule has 1 fully saturated rings. The predicted molar refractivity (Wildman–Crippen MR) is 61.4 cm³/mol. The van der Waals surface area contributed by atoms with E-state index in [1.54, 1.807) is 18.3 Å². The van der Waals surface area contributed by atoms with Gasteiger partial charge in [0.1, 0.15) is 5.82 Å². The molecule has 1 aliphatic heterocycles. The molecule has 1 aliphatic rings. The van der Waals surface area contributed by atoms with E-state index in [1.807, 2.05) is 6.92 Å². The van der Waals surface area contributed by atoms with Gasteiger partial charge >= 0.3 is 0 Å². The maximum atomic E-state index is 11.8. The van der Waals surface area contributed by atoms with Crippen molar-refractivity contribution in [1.82, 2.24) is 4.98 Å². The molecule has 1 saturated heterocycles. The van der Waals surface area contributed by atoms with Crippen LogP contribution >= 0.6 is 11.6 Å². The van der Waals surface area contributed by atoms with Gasteiger partial charge in [-0.05, 0) is 25.5 Å². The first-order chi connectivity index (χ1) is 7.65. The van der Waals surface area contributed by atoms with Crippen LogP contribution in [0.1, 0.15) is 13.3 Å². The number of hydrogen-bond donors (Lipinski definition) is 1. The van der Waals surface area contributed by atoms with Gasteiger partial charge in [-0.3, -0.25) is 4.79 Å². The smallest absolute Gasteiger partial charge is 0.231 e. The van der Waals surface area contributed by atoms with E-state index in [2.05, 4.69) is 10.3 Å². The molecule has 0 aliphatic carbocycles. The van der Waals surface area contributed by atoms with Crippen LogP contribution in [0.2, 0.25) is 5.02 Å². The lowest BCUT2D eigenvalue weighted by molar-refractivity contribution is -0.119. The number of rotatable bonds is 2. The van der Waals surface area contributed by atoms with Crippen molar-refractivity contribution in [2.24, 2.45) is 5.92 Å². The number of anilines is 1. The van der Waals surface area contributed by atoms with E-state index in [9.17, 15) is 4.79 Å². The van der Waals surface area contributed by atoms with Crippen molar-refractivity contribution in [2.45, 2.75) is 19.4 Å². The molecular formula is C11H13ClN2O2. The Hall–Kier alpha value is -1.13. The van der Waals surface area contributed by atoms with E-state index in [4.69, 9.17) is 16.3 Å². The van der Waals surface area contributed by atoms with Crippen LogP contribution in [-0.4, -0.2) is 23.6 Å². The summed E-state index contributed by atoms with van der Waals surface area (Å²) in [5.41, 5.74) is 0. The van der Waals surface area contributed by atoms with E-state index in [1.165, 1.54) is 0 Å². The highest BCUT2D eigenvalue weighted by molar-refractivity contribution is 6.30. The quantitative estimate of drug-likeness (QED) is 0.861. The van der Waals surface area contributed by atoms with Crippen molar-refractivity contribution in [3.05, 3.63) is 23.4 Å².